The molecule has 0 unspecified atom stereocenters. The summed E-state index contributed by atoms with van der Waals surface area (Å²) in [4.78, 5) is 27.7. The molecule has 0 aliphatic heterocycles. The number of ether oxygens (including phenoxy) is 1. The monoisotopic (exact) mass is 496 g/mol. The first kappa shape index (κ1) is 26.4. The maximum Gasteiger partial charge on any atom is 0.242 e. The summed E-state index contributed by atoms with van der Waals surface area (Å²) in [7, 11) is 1.61. The molecule has 0 aliphatic carbocycles. The number of carbonyl (C=O) groups excluding carboxylic acids is 2. The SMILES string of the molecule is CCCNC(=O)[C@H](CC)N(Cc1ccc(OC)cc1)C(=O)CSCc1c(Cl)cccc1Cl. The Hall–Kier alpha value is -1.89. The number of rotatable bonds is 12. The lowest BCUT2D eigenvalue weighted by Crippen LogP contribution is -2.49. The Kier molecular flexibility index (Phi) is 11.2. The van der Waals surface area contributed by atoms with Crippen LogP contribution in [0.25, 0.3) is 0 Å². The van der Waals surface area contributed by atoms with Gasteiger partial charge < -0.3 is 15.0 Å². The molecule has 0 heterocycles. The predicted octanol–water partition coefficient (Wildman–Crippen LogP) is 5.57. The second-order valence-electron chi connectivity index (χ2n) is 7.28. The number of hydrogen-bond donors (Lipinski definition) is 1. The van der Waals surface area contributed by atoms with E-state index in [0.29, 0.717) is 35.3 Å². The van der Waals surface area contributed by atoms with E-state index >= 15 is 0 Å². The van der Waals surface area contributed by atoms with Crippen LogP contribution in [0.2, 0.25) is 10.0 Å². The van der Waals surface area contributed by atoms with Gasteiger partial charge in [0, 0.05) is 28.9 Å². The normalized spacial score (nSPS) is 11.7. The summed E-state index contributed by atoms with van der Waals surface area (Å²) < 4.78 is 5.22. The van der Waals surface area contributed by atoms with Crippen LogP contribution in [-0.2, 0) is 21.9 Å². The summed E-state index contributed by atoms with van der Waals surface area (Å²) in [5, 5.41) is 4.09. The molecule has 0 aromatic heterocycles. The van der Waals surface area contributed by atoms with E-state index in [1.165, 1.54) is 11.8 Å². The third-order valence-corrected chi connectivity index (χ3v) is 6.63. The zero-order valence-electron chi connectivity index (χ0n) is 18.7. The van der Waals surface area contributed by atoms with Crippen molar-refractivity contribution in [2.24, 2.45) is 0 Å². The molecule has 0 saturated carbocycles. The molecule has 174 valence electrons. The molecular formula is C24H30Cl2N2O3S. The fraction of sp³-hybridized carbons (Fsp3) is 0.417. The number of amides is 2. The van der Waals surface area contributed by atoms with E-state index < -0.39 is 6.04 Å². The molecule has 2 aromatic rings. The molecule has 2 amide bonds. The number of methoxy groups -OCH3 is 1. The molecule has 0 radical (unpaired) electrons. The Morgan fingerprint density at radius 3 is 2.31 bits per heavy atom. The summed E-state index contributed by atoms with van der Waals surface area (Å²) in [6.07, 6.45) is 1.36. The lowest BCUT2D eigenvalue weighted by molar-refractivity contribution is -0.139. The largest absolute Gasteiger partial charge is 0.497 e. The van der Waals surface area contributed by atoms with Crippen LogP contribution in [0.3, 0.4) is 0 Å². The average Bonchev–Trinajstić information content (AvgIpc) is 2.79. The molecule has 0 bridgehead atoms. The summed E-state index contributed by atoms with van der Waals surface area (Å²) in [5.74, 6) is 1.24. The van der Waals surface area contributed by atoms with Gasteiger partial charge in [0.1, 0.15) is 11.8 Å². The lowest BCUT2D eigenvalue weighted by Gasteiger charge is -2.30. The van der Waals surface area contributed by atoms with Crippen LogP contribution in [0.5, 0.6) is 5.75 Å². The number of hydrogen-bond acceptors (Lipinski definition) is 4. The summed E-state index contributed by atoms with van der Waals surface area (Å²) in [5.41, 5.74) is 1.74. The van der Waals surface area contributed by atoms with Crippen molar-refractivity contribution in [2.75, 3.05) is 19.4 Å². The van der Waals surface area contributed by atoms with Crippen molar-refractivity contribution >= 4 is 46.8 Å². The van der Waals surface area contributed by atoms with Gasteiger partial charge in [-0.25, -0.2) is 0 Å². The van der Waals surface area contributed by atoms with Gasteiger partial charge in [-0.05, 0) is 48.2 Å². The molecule has 2 rings (SSSR count). The number of thioether (sulfide) groups is 1. The molecule has 0 aliphatic rings. The Bertz CT molecular complexity index is 873. The van der Waals surface area contributed by atoms with Crippen LogP contribution in [0.1, 0.15) is 37.8 Å². The van der Waals surface area contributed by atoms with E-state index in [1.54, 1.807) is 30.2 Å². The van der Waals surface area contributed by atoms with Crippen molar-refractivity contribution < 1.29 is 14.3 Å². The minimum Gasteiger partial charge on any atom is -0.497 e. The first-order valence-electron chi connectivity index (χ1n) is 10.6. The molecule has 1 atom stereocenters. The van der Waals surface area contributed by atoms with Crippen molar-refractivity contribution in [2.45, 2.75) is 45.0 Å². The van der Waals surface area contributed by atoms with Crippen LogP contribution < -0.4 is 10.1 Å². The standard InChI is InChI=1S/C24H30Cl2N2O3S/c1-4-13-27-24(30)22(5-2)28(14-17-9-11-18(31-3)12-10-17)23(29)16-32-15-19-20(25)7-6-8-21(19)26/h6-12,22H,4-5,13-16H2,1-3H3,(H,27,30)/t22-/m0/s1. The first-order valence-corrected chi connectivity index (χ1v) is 12.5. The van der Waals surface area contributed by atoms with Gasteiger partial charge in [-0.3, -0.25) is 9.59 Å². The quantitative estimate of drug-likeness (QED) is 0.417. The van der Waals surface area contributed by atoms with E-state index in [1.807, 2.05) is 38.1 Å². The Labute approximate surface area is 204 Å². The number of nitrogens with zero attached hydrogens (tertiary/aromatic N) is 1. The van der Waals surface area contributed by atoms with E-state index in [9.17, 15) is 9.59 Å². The van der Waals surface area contributed by atoms with Gasteiger partial charge in [-0.15, -0.1) is 11.8 Å². The van der Waals surface area contributed by atoms with E-state index in [0.717, 1.165) is 23.3 Å². The highest BCUT2D eigenvalue weighted by Crippen LogP contribution is 2.28. The lowest BCUT2D eigenvalue weighted by atomic mass is 10.1. The highest BCUT2D eigenvalue weighted by atomic mass is 35.5. The van der Waals surface area contributed by atoms with Crippen molar-refractivity contribution in [3.8, 4) is 5.75 Å². The molecule has 5 nitrogen and oxygen atoms in total. The van der Waals surface area contributed by atoms with Gasteiger partial charge in [0.25, 0.3) is 0 Å². The van der Waals surface area contributed by atoms with Gasteiger partial charge in [0.05, 0.1) is 12.9 Å². The number of carbonyl (C=O) groups is 2. The van der Waals surface area contributed by atoms with Crippen LogP contribution in [0.4, 0.5) is 0 Å². The Morgan fingerprint density at radius 2 is 1.75 bits per heavy atom. The van der Waals surface area contributed by atoms with Crippen LogP contribution in [-0.4, -0.2) is 42.2 Å². The summed E-state index contributed by atoms with van der Waals surface area (Å²) in [6, 6.07) is 12.3. The maximum absolute atomic E-state index is 13.2. The Balaban J connectivity index is 2.15. The molecule has 8 heteroatoms. The molecule has 32 heavy (non-hydrogen) atoms. The molecule has 0 spiro atoms. The van der Waals surface area contributed by atoms with Gasteiger partial charge in [-0.2, -0.15) is 0 Å². The fourth-order valence-electron chi connectivity index (χ4n) is 3.21. The first-order chi connectivity index (χ1) is 15.4. The molecule has 2 aromatic carbocycles. The zero-order valence-corrected chi connectivity index (χ0v) is 21.0. The second kappa shape index (κ2) is 13.6. The molecular weight excluding hydrogens is 467 g/mol. The maximum atomic E-state index is 13.2. The number of nitrogens with one attached hydrogen (secondary N) is 1. The minimum atomic E-state index is -0.541. The summed E-state index contributed by atoms with van der Waals surface area (Å²) >= 11 is 13.9. The van der Waals surface area contributed by atoms with E-state index in [4.69, 9.17) is 27.9 Å². The van der Waals surface area contributed by atoms with Crippen molar-refractivity contribution in [1.82, 2.24) is 10.2 Å². The summed E-state index contributed by atoms with van der Waals surface area (Å²) in [6.45, 7) is 4.84. The predicted molar refractivity (Wildman–Crippen MR) is 134 cm³/mol. The van der Waals surface area contributed by atoms with Gasteiger partial charge in [0.15, 0.2) is 0 Å². The van der Waals surface area contributed by atoms with Crippen molar-refractivity contribution in [3.63, 3.8) is 0 Å². The topological polar surface area (TPSA) is 58.6 Å². The highest BCUT2D eigenvalue weighted by molar-refractivity contribution is 7.99. The third-order valence-electron chi connectivity index (χ3n) is 4.98. The fourth-order valence-corrected chi connectivity index (χ4v) is 4.85. The smallest absolute Gasteiger partial charge is 0.242 e. The number of halogens is 2. The average molecular weight is 497 g/mol. The van der Waals surface area contributed by atoms with Crippen LogP contribution in [0.15, 0.2) is 42.5 Å². The molecule has 0 saturated heterocycles. The van der Waals surface area contributed by atoms with Crippen LogP contribution in [0, 0.1) is 0 Å². The molecule has 1 N–H and O–H groups in total. The van der Waals surface area contributed by atoms with Gasteiger partial charge >= 0.3 is 0 Å². The Morgan fingerprint density at radius 1 is 1.09 bits per heavy atom. The number of benzene rings is 2. The van der Waals surface area contributed by atoms with Gasteiger partial charge in [0.2, 0.25) is 11.8 Å². The second-order valence-corrected chi connectivity index (χ2v) is 9.08. The van der Waals surface area contributed by atoms with Crippen molar-refractivity contribution in [1.29, 1.82) is 0 Å². The molecule has 0 fully saturated rings. The minimum absolute atomic E-state index is 0.104. The van der Waals surface area contributed by atoms with Crippen molar-refractivity contribution in [3.05, 3.63) is 63.6 Å². The van der Waals surface area contributed by atoms with E-state index in [2.05, 4.69) is 5.32 Å². The van der Waals surface area contributed by atoms with Crippen LogP contribution >= 0.6 is 35.0 Å². The van der Waals surface area contributed by atoms with Gasteiger partial charge in [-0.1, -0.05) is 55.2 Å². The third kappa shape index (κ3) is 7.61. The van der Waals surface area contributed by atoms with E-state index in [-0.39, 0.29) is 17.6 Å². The highest BCUT2D eigenvalue weighted by Gasteiger charge is 2.28. The zero-order chi connectivity index (χ0) is 23.5.